The molecule has 7 nitrogen and oxygen atoms in total. The van der Waals surface area contributed by atoms with Crippen LogP contribution in [0, 0.1) is 0 Å². The van der Waals surface area contributed by atoms with Crippen LogP contribution in [0.4, 0.5) is 19.1 Å². The Morgan fingerprint density at radius 1 is 1.17 bits per heavy atom. The molecule has 0 aromatic carbocycles. The SMILES string of the molecule is CC(O)(CC(=O)Nc1nc2ccc(C(F)(F)F)nc2n1C(C)(C)C)c1ccco1. The third-order valence-electron chi connectivity index (χ3n) is 4.27. The van der Waals surface area contributed by atoms with E-state index in [-0.39, 0.29) is 29.3 Å². The van der Waals surface area contributed by atoms with E-state index < -0.39 is 28.9 Å². The van der Waals surface area contributed by atoms with Gasteiger partial charge in [-0.2, -0.15) is 13.2 Å². The van der Waals surface area contributed by atoms with Crippen molar-refractivity contribution in [3.63, 3.8) is 0 Å². The number of pyridine rings is 1. The van der Waals surface area contributed by atoms with Gasteiger partial charge in [0.2, 0.25) is 11.9 Å². The maximum Gasteiger partial charge on any atom is 0.433 e. The number of halogens is 3. The molecule has 0 aliphatic heterocycles. The Bertz CT molecular complexity index is 1030. The summed E-state index contributed by atoms with van der Waals surface area (Å²) >= 11 is 0. The molecule has 0 saturated heterocycles. The van der Waals surface area contributed by atoms with Gasteiger partial charge in [0.25, 0.3) is 0 Å². The average Bonchev–Trinajstić information content (AvgIpc) is 3.19. The normalized spacial score (nSPS) is 14.8. The highest BCUT2D eigenvalue weighted by atomic mass is 19.4. The van der Waals surface area contributed by atoms with Gasteiger partial charge in [0.1, 0.15) is 22.6 Å². The van der Waals surface area contributed by atoms with Crippen molar-refractivity contribution in [2.24, 2.45) is 0 Å². The van der Waals surface area contributed by atoms with Gasteiger partial charge in [-0.15, -0.1) is 0 Å². The molecule has 0 bridgehead atoms. The van der Waals surface area contributed by atoms with Crippen molar-refractivity contribution in [2.75, 3.05) is 5.32 Å². The Labute approximate surface area is 164 Å². The van der Waals surface area contributed by atoms with E-state index in [1.54, 1.807) is 32.9 Å². The molecule has 0 radical (unpaired) electrons. The molecule has 1 amide bonds. The van der Waals surface area contributed by atoms with Crippen LogP contribution < -0.4 is 5.32 Å². The predicted octanol–water partition coefficient (Wildman–Crippen LogP) is 4.03. The number of aliphatic hydroxyl groups is 1. The van der Waals surface area contributed by atoms with E-state index in [4.69, 9.17) is 4.42 Å². The summed E-state index contributed by atoms with van der Waals surface area (Å²) in [6.07, 6.45) is -3.56. The third-order valence-corrected chi connectivity index (χ3v) is 4.27. The van der Waals surface area contributed by atoms with Crippen LogP contribution in [0.2, 0.25) is 0 Å². The molecule has 0 saturated carbocycles. The van der Waals surface area contributed by atoms with E-state index in [9.17, 15) is 23.1 Å². The number of carbonyl (C=O) groups excluding carboxylic acids is 1. The Morgan fingerprint density at radius 2 is 1.86 bits per heavy atom. The van der Waals surface area contributed by atoms with Crippen LogP contribution in [-0.4, -0.2) is 25.5 Å². The summed E-state index contributed by atoms with van der Waals surface area (Å²) < 4.78 is 45.8. The first-order chi connectivity index (χ1) is 13.3. The van der Waals surface area contributed by atoms with Gasteiger partial charge in [-0.05, 0) is 52.0 Å². The molecule has 3 aromatic rings. The van der Waals surface area contributed by atoms with Crippen LogP contribution in [-0.2, 0) is 22.1 Å². The van der Waals surface area contributed by atoms with E-state index in [0.717, 1.165) is 6.07 Å². The van der Waals surface area contributed by atoms with Gasteiger partial charge < -0.3 is 9.52 Å². The lowest BCUT2D eigenvalue weighted by Crippen LogP contribution is -2.31. The molecule has 0 aliphatic rings. The number of nitrogens with zero attached hydrogens (tertiary/aromatic N) is 3. The number of aromatic nitrogens is 3. The molecule has 29 heavy (non-hydrogen) atoms. The zero-order chi connectivity index (χ0) is 21.6. The quantitative estimate of drug-likeness (QED) is 0.677. The number of hydrogen-bond acceptors (Lipinski definition) is 5. The highest BCUT2D eigenvalue weighted by Gasteiger charge is 2.35. The summed E-state index contributed by atoms with van der Waals surface area (Å²) in [5.74, 6) is -0.323. The smallest absolute Gasteiger partial charge is 0.433 e. The molecule has 10 heteroatoms. The number of rotatable bonds is 4. The summed E-state index contributed by atoms with van der Waals surface area (Å²) in [5, 5.41) is 13.1. The summed E-state index contributed by atoms with van der Waals surface area (Å²) in [6, 6.07) is 5.18. The van der Waals surface area contributed by atoms with E-state index in [2.05, 4.69) is 15.3 Å². The minimum atomic E-state index is -4.60. The van der Waals surface area contributed by atoms with Crippen molar-refractivity contribution in [1.29, 1.82) is 0 Å². The Kier molecular flexibility index (Phi) is 4.94. The molecule has 1 atom stereocenters. The first-order valence-corrected chi connectivity index (χ1v) is 8.82. The van der Waals surface area contributed by atoms with E-state index in [0.29, 0.717) is 0 Å². The van der Waals surface area contributed by atoms with Crippen LogP contribution in [0.25, 0.3) is 11.2 Å². The summed E-state index contributed by atoms with van der Waals surface area (Å²) in [6.45, 7) is 6.69. The maximum absolute atomic E-state index is 13.1. The van der Waals surface area contributed by atoms with Gasteiger partial charge in [0, 0.05) is 5.54 Å². The number of alkyl halides is 3. The summed E-state index contributed by atoms with van der Waals surface area (Å²) in [4.78, 5) is 20.5. The van der Waals surface area contributed by atoms with Crippen molar-refractivity contribution >= 4 is 23.0 Å². The van der Waals surface area contributed by atoms with Gasteiger partial charge >= 0.3 is 6.18 Å². The van der Waals surface area contributed by atoms with Gasteiger partial charge in [0.05, 0.1) is 12.7 Å². The van der Waals surface area contributed by atoms with Crippen molar-refractivity contribution in [1.82, 2.24) is 14.5 Å². The first-order valence-electron chi connectivity index (χ1n) is 8.82. The Hall–Kier alpha value is -2.88. The van der Waals surface area contributed by atoms with Gasteiger partial charge in [-0.25, -0.2) is 9.97 Å². The van der Waals surface area contributed by atoms with Crippen LogP contribution in [0.3, 0.4) is 0 Å². The van der Waals surface area contributed by atoms with Crippen LogP contribution in [0.1, 0.15) is 45.6 Å². The molecule has 2 N–H and O–H groups in total. The number of furan rings is 1. The maximum atomic E-state index is 13.1. The molecule has 3 heterocycles. The molecule has 1 unspecified atom stereocenters. The number of amides is 1. The topological polar surface area (TPSA) is 93.2 Å². The van der Waals surface area contributed by atoms with Gasteiger partial charge in [0.15, 0.2) is 5.65 Å². The molecule has 3 rings (SSSR count). The minimum Gasteiger partial charge on any atom is -0.466 e. The van der Waals surface area contributed by atoms with Crippen molar-refractivity contribution in [3.8, 4) is 0 Å². The Balaban J connectivity index is 1.97. The highest BCUT2D eigenvalue weighted by Crippen LogP contribution is 2.32. The van der Waals surface area contributed by atoms with Crippen molar-refractivity contribution in [2.45, 2.75) is 51.4 Å². The lowest BCUT2D eigenvalue weighted by Gasteiger charge is -2.25. The number of hydrogen-bond donors (Lipinski definition) is 2. The molecular formula is C19H21F3N4O3. The highest BCUT2D eigenvalue weighted by molar-refractivity contribution is 5.91. The Morgan fingerprint density at radius 3 is 2.41 bits per heavy atom. The van der Waals surface area contributed by atoms with Crippen LogP contribution in [0.15, 0.2) is 34.9 Å². The number of anilines is 1. The standard InChI is InChI=1S/C19H21F3N4O3/c1-17(2,3)26-15-11(7-8-12(24-15)19(20,21)22)23-16(26)25-14(27)10-18(4,28)13-6-5-9-29-13/h5-9,28H,10H2,1-4H3,(H,23,25,27). The number of fused-ring (bicyclic) bond motifs is 1. The summed E-state index contributed by atoms with van der Waals surface area (Å²) in [7, 11) is 0. The second-order valence-corrected chi connectivity index (χ2v) is 7.95. The molecule has 156 valence electrons. The van der Waals surface area contributed by atoms with Crippen LogP contribution in [0.5, 0.6) is 0 Å². The van der Waals surface area contributed by atoms with E-state index >= 15 is 0 Å². The van der Waals surface area contributed by atoms with Crippen molar-refractivity contribution < 1.29 is 27.5 Å². The molecule has 0 spiro atoms. The predicted molar refractivity (Wildman–Crippen MR) is 99.1 cm³/mol. The lowest BCUT2D eigenvalue weighted by atomic mass is 9.99. The number of imidazole rings is 1. The number of carbonyl (C=O) groups is 1. The zero-order valence-corrected chi connectivity index (χ0v) is 16.3. The molecular weight excluding hydrogens is 389 g/mol. The third kappa shape index (κ3) is 4.26. The van der Waals surface area contributed by atoms with E-state index in [1.807, 2.05) is 0 Å². The molecule has 0 fully saturated rings. The first kappa shape index (κ1) is 20.8. The second-order valence-electron chi connectivity index (χ2n) is 7.95. The molecule has 3 aromatic heterocycles. The molecule has 0 aliphatic carbocycles. The van der Waals surface area contributed by atoms with E-state index in [1.165, 1.54) is 23.8 Å². The minimum absolute atomic E-state index is 0.000389. The van der Waals surface area contributed by atoms with Gasteiger partial charge in [-0.1, -0.05) is 0 Å². The fourth-order valence-electron chi connectivity index (χ4n) is 2.99. The zero-order valence-electron chi connectivity index (χ0n) is 16.3. The lowest BCUT2D eigenvalue weighted by molar-refractivity contribution is -0.141. The number of nitrogens with one attached hydrogen (secondary N) is 1. The van der Waals surface area contributed by atoms with Crippen LogP contribution >= 0.6 is 0 Å². The largest absolute Gasteiger partial charge is 0.466 e. The van der Waals surface area contributed by atoms with Crippen molar-refractivity contribution in [3.05, 3.63) is 42.0 Å². The monoisotopic (exact) mass is 410 g/mol. The second kappa shape index (κ2) is 6.87. The fourth-order valence-corrected chi connectivity index (χ4v) is 2.99. The summed E-state index contributed by atoms with van der Waals surface area (Å²) in [5.41, 5.74) is -3.12. The fraction of sp³-hybridized carbons (Fsp3) is 0.421. The van der Waals surface area contributed by atoms with Gasteiger partial charge in [-0.3, -0.25) is 14.7 Å². The average molecular weight is 410 g/mol.